The Kier molecular flexibility index (Phi) is 5.73. The van der Waals surface area contributed by atoms with Gasteiger partial charge in [-0.05, 0) is 85.7 Å². The minimum absolute atomic E-state index is 0.201. The molecule has 1 aliphatic rings. The van der Waals surface area contributed by atoms with Gasteiger partial charge in [-0.25, -0.2) is 9.18 Å². The molecule has 1 heterocycles. The molecule has 0 saturated heterocycles. The van der Waals surface area contributed by atoms with Crippen molar-refractivity contribution >= 4 is 22.4 Å². The molecule has 2 N–H and O–H groups in total. The fraction of sp³-hybridized carbons (Fsp3) is 0.320. The Bertz CT molecular complexity index is 1130. The third kappa shape index (κ3) is 4.03. The summed E-state index contributed by atoms with van der Waals surface area (Å²) in [6, 6.07) is 11.6. The number of allylic oxidation sites excluding steroid dienone is 1. The van der Waals surface area contributed by atoms with Gasteiger partial charge in [0.15, 0.2) is 0 Å². The molecule has 156 valence electrons. The van der Waals surface area contributed by atoms with Crippen molar-refractivity contribution in [3.05, 3.63) is 76.2 Å². The molecule has 1 aliphatic carbocycles. The first-order valence-corrected chi connectivity index (χ1v) is 10.4. The number of esters is 1. The van der Waals surface area contributed by atoms with Crippen LogP contribution in [0.25, 0.3) is 16.5 Å². The normalized spacial score (nSPS) is 16.1. The zero-order valence-corrected chi connectivity index (χ0v) is 17.6. The molecule has 3 aromatic rings. The van der Waals surface area contributed by atoms with E-state index in [-0.39, 0.29) is 11.8 Å². The number of aryl methyl sites for hydroxylation is 2. The van der Waals surface area contributed by atoms with Gasteiger partial charge >= 0.3 is 5.97 Å². The summed E-state index contributed by atoms with van der Waals surface area (Å²) >= 11 is 0. The number of methoxy groups -OCH3 is 1. The molecule has 0 aliphatic heterocycles. The standard InChI is InChI=1S/C25H27FN2O2/c1-15(12-25(29)30-3)17-4-7-21-18(13-17)5-8-23(21)27-11-10-20-16(2)28-24-9-6-19(26)14-22(20)24/h4,6-7,9,12-14,23,27-28H,5,8,10-11H2,1-3H3. The number of benzene rings is 2. The molecular formula is C25H27FN2O2. The Balaban J connectivity index is 1.44. The number of carbonyl (C=O) groups excluding carboxylic acids is 1. The van der Waals surface area contributed by atoms with Crippen LogP contribution in [0.15, 0.2) is 42.5 Å². The van der Waals surface area contributed by atoms with E-state index in [9.17, 15) is 9.18 Å². The van der Waals surface area contributed by atoms with E-state index in [1.807, 2.05) is 13.8 Å². The summed E-state index contributed by atoms with van der Waals surface area (Å²) in [6.45, 7) is 4.80. The molecule has 1 aromatic heterocycles. The van der Waals surface area contributed by atoms with E-state index in [4.69, 9.17) is 4.74 Å². The lowest BCUT2D eigenvalue weighted by Crippen LogP contribution is -2.22. The van der Waals surface area contributed by atoms with Gasteiger partial charge in [-0.1, -0.05) is 18.2 Å². The number of H-pyrrole nitrogens is 1. The Morgan fingerprint density at radius 3 is 2.93 bits per heavy atom. The quantitative estimate of drug-likeness (QED) is 0.447. The monoisotopic (exact) mass is 406 g/mol. The Morgan fingerprint density at radius 2 is 2.13 bits per heavy atom. The third-order valence-corrected chi connectivity index (χ3v) is 6.06. The Hall–Kier alpha value is -2.92. The molecule has 0 amide bonds. The van der Waals surface area contributed by atoms with Gasteiger partial charge in [0.05, 0.1) is 7.11 Å². The highest BCUT2D eigenvalue weighted by Crippen LogP contribution is 2.33. The van der Waals surface area contributed by atoms with Crippen molar-refractivity contribution in [2.24, 2.45) is 0 Å². The van der Waals surface area contributed by atoms with E-state index < -0.39 is 0 Å². The molecule has 30 heavy (non-hydrogen) atoms. The maximum atomic E-state index is 13.7. The van der Waals surface area contributed by atoms with Crippen molar-refractivity contribution in [2.45, 2.75) is 39.2 Å². The average molecular weight is 407 g/mol. The van der Waals surface area contributed by atoms with Gasteiger partial charge in [0.25, 0.3) is 0 Å². The van der Waals surface area contributed by atoms with E-state index in [2.05, 4.69) is 28.5 Å². The number of hydrogen-bond donors (Lipinski definition) is 2. The van der Waals surface area contributed by atoms with Gasteiger partial charge in [-0.3, -0.25) is 0 Å². The number of ether oxygens (including phenoxy) is 1. The van der Waals surface area contributed by atoms with Crippen molar-refractivity contribution in [3.8, 4) is 0 Å². The van der Waals surface area contributed by atoms with Gasteiger partial charge < -0.3 is 15.0 Å². The summed E-state index contributed by atoms with van der Waals surface area (Å²) < 4.78 is 18.4. The fourth-order valence-corrected chi connectivity index (χ4v) is 4.44. The van der Waals surface area contributed by atoms with Crippen LogP contribution in [0, 0.1) is 12.7 Å². The second-order valence-electron chi connectivity index (χ2n) is 7.98. The number of halogens is 1. The summed E-state index contributed by atoms with van der Waals surface area (Å²) in [6.07, 6.45) is 4.45. The highest BCUT2D eigenvalue weighted by atomic mass is 19.1. The van der Waals surface area contributed by atoms with Gasteiger partial charge in [0.2, 0.25) is 0 Å². The number of aromatic amines is 1. The first kappa shape index (κ1) is 20.4. The molecule has 0 bridgehead atoms. The van der Waals surface area contributed by atoms with Crippen LogP contribution in [-0.2, 0) is 22.4 Å². The van der Waals surface area contributed by atoms with Crippen LogP contribution in [0.5, 0.6) is 0 Å². The van der Waals surface area contributed by atoms with E-state index in [1.165, 1.54) is 35.9 Å². The van der Waals surface area contributed by atoms with Crippen molar-refractivity contribution in [1.82, 2.24) is 10.3 Å². The summed E-state index contributed by atoms with van der Waals surface area (Å²) in [5.74, 6) is -0.534. The van der Waals surface area contributed by atoms with E-state index >= 15 is 0 Å². The SMILES string of the molecule is COC(=O)C=C(C)c1ccc2c(c1)CCC2NCCc1c(C)[nH]c2ccc(F)cc12. The van der Waals surface area contributed by atoms with Crippen LogP contribution in [0.4, 0.5) is 4.39 Å². The highest BCUT2D eigenvalue weighted by Gasteiger charge is 2.22. The maximum absolute atomic E-state index is 13.7. The fourth-order valence-electron chi connectivity index (χ4n) is 4.44. The third-order valence-electron chi connectivity index (χ3n) is 6.06. The predicted molar refractivity (Wildman–Crippen MR) is 118 cm³/mol. The van der Waals surface area contributed by atoms with Crippen LogP contribution >= 0.6 is 0 Å². The Labute approximate surface area is 176 Å². The van der Waals surface area contributed by atoms with Gasteiger partial charge in [-0.2, -0.15) is 0 Å². The van der Waals surface area contributed by atoms with Gasteiger partial charge in [-0.15, -0.1) is 0 Å². The lowest BCUT2D eigenvalue weighted by Gasteiger charge is -2.15. The van der Waals surface area contributed by atoms with E-state index in [1.54, 1.807) is 12.1 Å². The molecule has 0 saturated carbocycles. The van der Waals surface area contributed by atoms with Crippen LogP contribution in [0.3, 0.4) is 0 Å². The number of nitrogens with one attached hydrogen (secondary N) is 2. The highest BCUT2D eigenvalue weighted by molar-refractivity contribution is 5.91. The van der Waals surface area contributed by atoms with Crippen molar-refractivity contribution < 1.29 is 13.9 Å². The Morgan fingerprint density at radius 1 is 1.30 bits per heavy atom. The summed E-state index contributed by atoms with van der Waals surface area (Å²) in [7, 11) is 1.39. The number of rotatable bonds is 6. The first-order valence-electron chi connectivity index (χ1n) is 10.4. The minimum Gasteiger partial charge on any atom is -0.466 e. The molecule has 1 unspecified atom stereocenters. The van der Waals surface area contributed by atoms with E-state index in [0.717, 1.165) is 53.5 Å². The maximum Gasteiger partial charge on any atom is 0.330 e. The van der Waals surface area contributed by atoms with Crippen LogP contribution in [0.2, 0.25) is 0 Å². The minimum atomic E-state index is -0.333. The van der Waals surface area contributed by atoms with Gasteiger partial charge in [0, 0.05) is 28.7 Å². The van der Waals surface area contributed by atoms with Crippen LogP contribution in [0.1, 0.15) is 47.3 Å². The zero-order chi connectivity index (χ0) is 21.3. The predicted octanol–water partition coefficient (Wildman–Crippen LogP) is 5.01. The lowest BCUT2D eigenvalue weighted by molar-refractivity contribution is -0.134. The van der Waals surface area contributed by atoms with Crippen molar-refractivity contribution in [2.75, 3.05) is 13.7 Å². The summed E-state index contributed by atoms with van der Waals surface area (Å²) in [5, 5.41) is 4.65. The molecule has 4 nitrogen and oxygen atoms in total. The summed E-state index contributed by atoms with van der Waals surface area (Å²) in [5.41, 5.74) is 7.87. The van der Waals surface area contributed by atoms with Crippen molar-refractivity contribution in [3.63, 3.8) is 0 Å². The lowest BCUT2D eigenvalue weighted by atomic mass is 10.00. The topological polar surface area (TPSA) is 54.1 Å². The first-order chi connectivity index (χ1) is 14.5. The largest absolute Gasteiger partial charge is 0.466 e. The van der Waals surface area contributed by atoms with Crippen LogP contribution < -0.4 is 5.32 Å². The molecule has 2 aromatic carbocycles. The molecule has 0 fully saturated rings. The molecule has 5 heteroatoms. The second kappa shape index (κ2) is 8.44. The molecule has 4 rings (SSSR count). The molecule has 0 radical (unpaired) electrons. The van der Waals surface area contributed by atoms with E-state index in [0.29, 0.717) is 6.04 Å². The molecular weight excluding hydrogens is 379 g/mol. The number of fused-ring (bicyclic) bond motifs is 2. The molecule has 0 spiro atoms. The smallest absolute Gasteiger partial charge is 0.330 e. The molecule has 1 atom stereocenters. The number of carbonyl (C=O) groups is 1. The summed E-state index contributed by atoms with van der Waals surface area (Å²) in [4.78, 5) is 14.8. The van der Waals surface area contributed by atoms with Crippen LogP contribution in [-0.4, -0.2) is 24.6 Å². The van der Waals surface area contributed by atoms with Gasteiger partial charge in [0.1, 0.15) is 5.82 Å². The number of aromatic nitrogens is 1. The zero-order valence-electron chi connectivity index (χ0n) is 17.6. The average Bonchev–Trinajstić information content (AvgIpc) is 3.28. The second-order valence-corrected chi connectivity index (χ2v) is 7.98. The van der Waals surface area contributed by atoms with Crippen molar-refractivity contribution in [1.29, 1.82) is 0 Å². The number of hydrogen-bond acceptors (Lipinski definition) is 3.